The lowest BCUT2D eigenvalue weighted by molar-refractivity contribution is -0.119. The molecule has 0 bridgehead atoms. The summed E-state index contributed by atoms with van der Waals surface area (Å²) in [5.74, 6) is 1.07. The number of pyridine rings is 1. The van der Waals surface area contributed by atoms with E-state index in [2.05, 4.69) is 25.6 Å². The van der Waals surface area contributed by atoms with Crippen molar-refractivity contribution in [2.24, 2.45) is 0 Å². The summed E-state index contributed by atoms with van der Waals surface area (Å²) in [5.41, 5.74) is 1.52. The Labute approximate surface area is 155 Å². The Morgan fingerprint density at radius 2 is 2.08 bits per heavy atom. The molecule has 0 unspecified atom stereocenters. The molecule has 8 heteroatoms. The molecule has 1 fully saturated rings. The van der Waals surface area contributed by atoms with Gasteiger partial charge in [0, 0.05) is 24.0 Å². The van der Waals surface area contributed by atoms with E-state index in [1.54, 1.807) is 16.9 Å². The van der Waals surface area contributed by atoms with E-state index in [0.717, 1.165) is 23.4 Å². The number of hydrogen-bond acceptors (Lipinski definition) is 6. The van der Waals surface area contributed by atoms with Crippen molar-refractivity contribution in [2.45, 2.75) is 43.2 Å². The third-order valence-corrected chi connectivity index (χ3v) is 5.40. The molecule has 26 heavy (non-hydrogen) atoms. The summed E-state index contributed by atoms with van der Waals surface area (Å²) in [4.78, 5) is 16.3. The Balaban J connectivity index is 1.44. The van der Waals surface area contributed by atoms with Crippen LogP contribution in [0.5, 0.6) is 0 Å². The van der Waals surface area contributed by atoms with Crippen LogP contribution in [0.3, 0.4) is 0 Å². The van der Waals surface area contributed by atoms with E-state index in [9.17, 15) is 4.79 Å². The number of nitrogens with zero attached hydrogens (tertiary/aromatic N) is 5. The number of rotatable bonds is 5. The Kier molecular flexibility index (Phi) is 5.10. The van der Waals surface area contributed by atoms with Crippen molar-refractivity contribution in [3.63, 3.8) is 0 Å². The van der Waals surface area contributed by atoms with Crippen molar-refractivity contribution in [1.82, 2.24) is 30.1 Å². The monoisotopic (exact) mass is 368 g/mol. The molecule has 4 rings (SSSR count). The first-order valence-corrected chi connectivity index (χ1v) is 9.83. The third-order valence-electron chi connectivity index (χ3n) is 4.48. The highest BCUT2D eigenvalue weighted by atomic mass is 32.2. The van der Waals surface area contributed by atoms with Crippen LogP contribution >= 0.6 is 11.8 Å². The van der Waals surface area contributed by atoms with E-state index in [-0.39, 0.29) is 5.91 Å². The molecule has 0 spiro atoms. The molecule has 3 heterocycles. The van der Waals surface area contributed by atoms with Gasteiger partial charge in [0.25, 0.3) is 0 Å². The number of carbonyl (C=O) groups is 1. The second-order valence-corrected chi connectivity index (χ2v) is 7.39. The van der Waals surface area contributed by atoms with Gasteiger partial charge in [-0.15, -0.1) is 10.2 Å². The minimum Gasteiger partial charge on any atom is -0.353 e. The second-order valence-electron chi connectivity index (χ2n) is 6.40. The van der Waals surface area contributed by atoms with Crippen LogP contribution in [-0.4, -0.2) is 42.5 Å². The van der Waals surface area contributed by atoms with Crippen LogP contribution in [0.2, 0.25) is 0 Å². The maximum atomic E-state index is 12.2. The van der Waals surface area contributed by atoms with Gasteiger partial charge < -0.3 is 5.32 Å². The average Bonchev–Trinajstić information content (AvgIpc) is 3.11. The predicted octanol–water partition coefficient (Wildman–Crippen LogP) is 2.73. The van der Waals surface area contributed by atoms with Crippen LogP contribution in [0, 0.1) is 0 Å². The van der Waals surface area contributed by atoms with Crippen LogP contribution < -0.4 is 5.32 Å². The van der Waals surface area contributed by atoms with Gasteiger partial charge in [0.2, 0.25) is 5.91 Å². The van der Waals surface area contributed by atoms with E-state index in [4.69, 9.17) is 0 Å². The molecule has 1 saturated carbocycles. The number of aromatic nitrogens is 5. The smallest absolute Gasteiger partial charge is 0.230 e. The van der Waals surface area contributed by atoms with Crippen molar-refractivity contribution in [1.29, 1.82) is 0 Å². The number of thioether (sulfide) groups is 1. The fraction of sp³-hybridized carbons (Fsp3) is 0.389. The first-order chi connectivity index (χ1) is 12.8. The standard InChI is InChI=1S/C18H20N6OS/c25-16(20-14-6-2-1-3-7-14)12-26-17-9-8-15-21-22-18(24(15)23-17)13-5-4-10-19-11-13/h4-5,8-11,14H,1-3,6-7,12H2,(H,20,25). The summed E-state index contributed by atoms with van der Waals surface area (Å²) in [5, 5.41) is 16.8. The molecular formula is C18H20N6OS. The number of hydrogen-bond donors (Lipinski definition) is 1. The summed E-state index contributed by atoms with van der Waals surface area (Å²) in [7, 11) is 0. The fourth-order valence-corrected chi connectivity index (χ4v) is 3.85. The zero-order chi connectivity index (χ0) is 17.8. The molecule has 3 aromatic heterocycles. The Morgan fingerprint density at radius 1 is 1.19 bits per heavy atom. The molecule has 1 aliphatic rings. The highest BCUT2D eigenvalue weighted by molar-refractivity contribution is 7.99. The molecule has 1 N–H and O–H groups in total. The van der Waals surface area contributed by atoms with Crippen LogP contribution in [0.4, 0.5) is 0 Å². The number of amides is 1. The SMILES string of the molecule is O=C(CSc1ccc2nnc(-c3cccnc3)n2n1)NC1CCCCC1. The fourth-order valence-electron chi connectivity index (χ4n) is 3.18. The molecule has 0 aromatic carbocycles. The Morgan fingerprint density at radius 3 is 2.88 bits per heavy atom. The van der Waals surface area contributed by atoms with E-state index >= 15 is 0 Å². The summed E-state index contributed by atoms with van der Waals surface area (Å²) < 4.78 is 1.69. The van der Waals surface area contributed by atoms with E-state index < -0.39 is 0 Å². The number of carbonyl (C=O) groups excluding carboxylic acids is 1. The van der Waals surface area contributed by atoms with Crippen molar-refractivity contribution in [3.8, 4) is 11.4 Å². The van der Waals surface area contributed by atoms with Crippen LogP contribution in [0.15, 0.2) is 41.7 Å². The van der Waals surface area contributed by atoms with Crippen LogP contribution in [0.25, 0.3) is 17.0 Å². The molecule has 1 amide bonds. The van der Waals surface area contributed by atoms with Crippen molar-refractivity contribution >= 4 is 23.3 Å². The first-order valence-electron chi connectivity index (χ1n) is 8.84. The molecule has 134 valence electrons. The first kappa shape index (κ1) is 17.0. The molecule has 1 aliphatic carbocycles. The van der Waals surface area contributed by atoms with Gasteiger partial charge in [-0.2, -0.15) is 9.61 Å². The molecule has 0 saturated heterocycles. The maximum Gasteiger partial charge on any atom is 0.230 e. The van der Waals surface area contributed by atoms with Gasteiger partial charge in [0.05, 0.1) is 5.75 Å². The van der Waals surface area contributed by atoms with Crippen LogP contribution in [0.1, 0.15) is 32.1 Å². The van der Waals surface area contributed by atoms with Crippen molar-refractivity contribution < 1.29 is 4.79 Å². The molecule has 0 radical (unpaired) electrons. The lowest BCUT2D eigenvalue weighted by Crippen LogP contribution is -2.37. The van der Waals surface area contributed by atoms with Crippen molar-refractivity contribution in [3.05, 3.63) is 36.7 Å². The zero-order valence-electron chi connectivity index (χ0n) is 14.3. The molecule has 7 nitrogen and oxygen atoms in total. The van der Waals surface area contributed by atoms with Gasteiger partial charge in [-0.05, 0) is 37.1 Å². The third kappa shape index (κ3) is 3.85. The van der Waals surface area contributed by atoms with Gasteiger partial charge in [0.1, 0.15) is 5.03 Å². The largest absolute Gasteiger partial charge is 0.353 e. The molecular weight excluding hydrogens is 348 g/mol. The van der Waals surface area contributed by atoms with Gasteiger partial charge in [-0.1, -0.05) is 31.0 Å². The lowest BCUT2D eigenvalue weighted by atomic mass is 9.95. The average molecular weight is 368 g/mol. The summed E-state index contributed by atoms with van der Waals surface area (Å²) in [6.45, 7) is 0. The van der Waals surface area contributed by atoms with Gasteiger partial charge >= 0.3 is 0 Å². The number of fused-ring (bicyclic) bond motifs is 1. The van der Waals surface area contributed by atoms with Gasteiger partial charge in [-0.3, -0.25) is 9.78 Å². The summed E-state index contributed by atoms with van der Waals surface area (Å²) >= 11 is 1.42. The second kappa shape index (κ2) is 7.82. The minimum absolute atomic E-state index is 0.0695. The topological polar surface area (TPSA) is 85.1 Å². The Hall–Kier alpha value is -2.48. The van der Waals surface area contributed by atoms with Gasteiger partial charge in [-0.25, -0.2) is 0 Å². The van der Waals surface area contributed by atoms with Gasteiger partial charge in [0.15, 0.2) is 11.5 Å². The summed E-state index contributed by atoms with van der Waals surface area (Å²) in [6.07, 6.45) is 9.33. The quantitative estimate of drug-likeness (QED) is 0.697. The lowest BCUT2D eigenvalue weighted by Gasteiger charge is -2.22. The van der Waals surface area contributed by atoms with E-state index in [1.165, 1.54) is 31.0 Å². The molecule has 0 aliphatic heterocycles. The predicted molar refractivity (Wildman–Crippen MR) is 99.8 cm³/mol. The molecule has 3 aromatic rings. The van der Waals surface area contributed by atoms with E-state index in [0.29, 0.717) is 23.3 Å². The minimum atomic E-state index is 0.0695. The highest BCUT2D eigenvalue weighted by Gasteiger charge is 2.16. The summed E-state index contributed by atoms with van der Waals surface area (Å²) in [6, 6.07) is 7.84. The Bertz CT molecular complexity index is 891. The maximum absolute atomic E-state index is 12.2. The van der Waals surface area contributed by atoms with Crippen LogP contribution in [-0.2, 0) is 4.79 Å². The zero-order valence-corrected chi connectivity index (χ0v) is 15.2. The van der Waals surface area contributed by atoms with Crippen molar-refractivity contribution in [2.75, 3.05) is 5.75 Å². The normalized spacial score (nSPS) is 15.2. The molecule has 0 atom stereocenters. The highest BCUT2D eigenvalue weighted by Crippen LogP contribution is 2.21. The van der Waals surface area contributed by atoms with E-state index in [1.807, 2.05) is 24.3 Å². The number of nitrogens with one attached hydrogen (secondary N) is 1.